The van der Waals surface area contributed by atoms with Crippen LogP contribution in [0.3, 0.4) is 0 Å². The van der Waals surface area contributed by atoms with E-state index in [-0.39, 0.29) is 5.91 Å². The average Bonchev–Trinajstić information content (AvgIpc) is 3.37. The maximum atomic E-state index is 12.1. The second kappa shape index (κ2) is 8.05. The van der Waals surface area contributed by atoms with Gasteiger partial charge < -0.3 is 9.84 Å². The van der Waals surface area contributed by atoms with Gasteiger partial charge in [0.05, 0.1) is 15.7 Å². The van der Waals surface area contributed by atoms with Crippen LogP contribution in [0.1, 0.15) is 24.3 Å². The van der Waals surface area contributed by atoms with Crippen LogP contribution in [0.4, 0.5) is 0 Å². The Morgan fingerprint density at radius 1 is 1.19 bits per heavy atom. The van der Waals surface area contributed by atoms with Gasteiger partial charge in [-0.25, -0.2) is 4.98 Å². The largest absolute Gasteiger partial charge is 0.352 e. The van der Waals surface area contributed by atoms with Crippen molar-refractivity contribution < 1.29 is 9.32 Å². The van der Waals surface area contributed by atoms with Crippen molar-refractivity contribution >= 4 is 27.5 Å². The molecule has 0 saturated heterocycles. The van der Waals surface area contributed by atoms with Crippen molar-refractivity contribution in [2.45, 2.75) is 25.8 Å². The summed E-state index contributed by atoms with van der Waals surface area (Å²) in [4.78, 5) is 24.7. The van der Waals surface area contributed by atoms with E-state index in [2.05, 4.69) is 25.4 Å². The number of fused-ring (bicyclic) bond motifs is 1. The van der Waals surface area contributed by atoms with Gasteiger partial charge in [-0.1, -0.05) is 17.3 Å². The molecule has 3 aromatic heterocycles. The minimum atomic E-state index is 0.00499. The van der Waals surface area contributed by atoms with Crippen LogP contribution in [-0.2, 0) is 17.8 Å². The van der Waals surface area contributed by atoms with Crippen LogP contribution in [0.5, 0.6) is 0 Å². The van der Waals surface area contributed by atoms with Crippen LogP contribution in [0.25, 0.3) is 21.6 Å². The summed E-state index contributed by atoms with van der Waals surface area (Å²) >= 11 is 1.59. The van der Waals surface area contributed by atoms with Gasteiger partial charge in [-0.15, -0.1) is 11.3 Å². The van der Waals surface area contributed by atoms with Crippen LogP contribution in [0.15, 0.2) is 52.8 Å². The van der Waals surface area contributed by atoms with Gasteiger partial charge in [0.2, 0.25) is 17.6 Å². The van der Waals surface area contributed by atoms with Gasteiger partial charge in [-0.05, 0) is 30.2 Å². The molecule has 0 aliphatic heterocycles. The van der Waals surface area contributed by atoms with E-state index in [9.17, 15) is 4.79 Å². The fourth-order valence-corrected chi connectivity index (χ4v) is 3.55. The number of nitrogens with zero attached hydrogens (tertiary/aromatic N) is 4. The van der Waals surface area contributed by atoms with Crippen molar-refractivity contribution in [2.24, 2.45) is 0 Å². The molecule has 1 N–H and O–H groups in total. The highest BCUT2D eigenvalue weighted by Gasteiger charge is 2.10. The summed E-state index contributed by atoms with van der Waals surface area (Å²) in [6.07, 6.45) is 4.99. The second-order valence-electron chi connectivity index (χ2n) is 6.00. The highest BCUT2D eigenvalue weighted by molar-refractivity contribution is 7.16. The van der Waals surface area contributed by atoms with Crippen molar-refractivity contribution in [3.8, 4) is 11.4 Å². The molecule has 0 unspecified atom stereocenters. The minimum absolute atomic E-state index is 0.00499. The van der Waals surface area contributed by atoms with E-state index >= 15 is 0 Å². The zero-order chi connectivity index (χ0) is 18.5. The van der Waals surface area contributed by atoms with Crippen LogP contribution in [0.2, 0.25) is 0 Å². The minimum Gasteiger partial charge on any atom is -0.352 e. The van der Waals surface area contributed by atoms with Crippen molar-refractivity contribution in [2.75, 3.05) is 0 Å². The van der Waals surface area contributed by atoms with Crippen molar-refractivity contribution in [1.82, 2.24) is 25.4 Å². The summed E-state index contributed by atoms with van der Waals surface area (Å²) in [6, 6.07) is 9.60. The molecule has 0 fully saturated rings. The first kappa shape index (κ1) is 17.3. The standard InChI is InChI=1S/C19H17N5O2S/c25-16(21-11-14-3-1-4-15-18(14)27-12-22-15)5-2-6-17-23-19(24-26-17)13-7-9-20-10-8-13/h1,3-4,7-10,12H,2,5-6,11H2,(H,21,25). The lowest BCUT2D eigenvalue weighted by Gasteiger charge is -2.05. The van der Waals surface area contributed by atoms with Gasteiger partial charge in [0.15, 0.2) is 0 Å². The molecule has 0 radical (unpaired) electrons. The number of aryl methyl sites for hydroxylation is 1. The number of carbonyl (C=O) groups is 1. The smallest absolute Gasteiger partial charge is 0.226 e. The number of amides is 1. The summed E-state index contributed by atoms with van der Waals surface area (Å²) in [7, 11) is 0. The quantitative estimate of drug-likeness (QED) is 0.529. The first-order valence-corrected chi connectivity index (χ1v) is 9.48. The molecule has 8 heteroatoms. The highest BCUT2D eigenvalue weighted by atomic mass is 32.1. The van der Waals surface area contributed by atoms with Crippen molar-refractivity contribution in [3.63, 3.8) is 0 Å². The van der Waals surface area contributed by atoms with Crippen LogP contribution in [-0.4, -0.2) is 26.0 Å². The molecule has 4 aromatic rings. The lowest BCUT2D eigenvalue weighted by molar-refractivity contribution is -0.121. The van der Waals surface area contributed by atoms with Gasteiger partial charge in [0.1, 0.15) is 0 Å². The van der Waals surface area contributed by atoms with Crippen LogP contribution >= 0.6 is 11.3 Å². The van der Waals surface area contributed by atoms with E-state index < -0.39 is 0 Å². The molecule has 1 aromatic carbocycles. The predicted octanol–water partition coefficient (Wildman–Crippen LogP) is 3.38. The Kier molecular flexibility index (Phi) is 5.15. The number of thiazole rings is 1. The molecule has 4 rings (SSSR count). The topological polar surface area (TPSA) is 93.8 Å². The Morgan fingerprint density at radius 3 is 2.96 bits per heavy atom. The molecule has 0 saturated carbocycles. The third-order valence-corrected chi connectivity index (χ3v) is 5.03. The normalized spacial score (nSPS) is 11.0. The highest BCUT2D eigenvalue weighted by Crippen LogP contribution is 2.22. The molecule has 0 aliphatic carbocycles. The summed E-state index contributed by atoms with van der Waals surface area (Å²) in [6.45, 7) is 0.505. The average molecular weight is 379 g/mol. The third kappa shape index (κ3) is 4.17. The number of aromatic nitrogens is 4. The van der Waals surface area contributed by atoms with Gasteiger partial charge in [0.25, 0.3) is 0 Å². The van der Waals surface area contributed by atoms with E-state index in [0.717, 1.165) is 21.3 Å². The van der Waals surface area contributed by atoms with E-state index in [1.54, 1.807) is 23.7 Å². The third-order valence-electron chi connectivity index (χ3n) is 4.12. The van der Waals surface area contributed by atoms with Crippen LogP contribution in [0, 0.1) is 0 Å². The number of rotatable bonds is 7. The van der Waals surface area contributed by atoms with Crippen molar-refractivity contribution in [3.05, 3.63) is 59.7 Å². The van der Waals surface area contributed by atoms with Gasteiger partial charge in [0, 0.05) is 37.3 Å². The molecular formula is C19H17N5O2S. The molecular weight excluding hydrogens is 362 g/mol. The Balaban J connectivity index is 1.25. The Morgan fingerprint density at radius 2 is 2.07 bits per heavy atom. The molecule has 1 amide bonds. The first-order chi connectivity index (χ1) is 13.3. The monoisotopic (exact) mass is 379 g/mol. The summed E-state index contributed by atoms with van der Waals surface area (Å²) in [5, 5.41) is 6.93. The zero-order valence-corrected chi connectivity index (χ0v) is 15.3. The van der Waals surface area contributed by atoms with Gasteiger partial charge >= 0.3 is 0 Å². The summed E-state index contributed by atoms with van der Waals surface area (Å²) in [5.74, 6) is 1.07. The van der Waals surface area contributed by atoms with E-state index in [4.69, 9.17) is 4.52 Å². The van der Waals surface area contributed by atoms with E-state index in [1.807, 2.05) is 35.8 Å². The van der Waals surface area contributed by atoms with E-state index in [1.165, 1.54) is 0 Å². The fourth-order valence-electron chi connectivity index (χ4n) is 2.74. The first-order valence-electron chi connectivity index (χ1n) is 8.60. The Labute approximate surface area is 159 Å². The second-order valence-corrected chi connectivity index (χ2v) is 6.85. The lowest BCUT2D eigenvalue weighted by Crippen LogP contribution is -2.22. The number of hydrogen-bond acceptors (Lipinski definition) is 7. The van der Waals surface area contributed by atoms with Crippen molar-refractivity contribution in [1.29, 1.82) is 0 Å². The lowest BCUT2D eigenvalue weighted by atomic mass is 10.2. The number of carbonyl (C=O) groups excluding carboxylic acids is 1. The maximum Gasteiger partial charge on any atom is 0.226 e. The zero-order valence-electron chi connectivity index (χ0n) is 14.5. The summed E-state index contributed by atoms with van der Waals surface area (Å²) < 4.78 is 6.37. The maximum absolute atomic E-state index is 12.1. The molecule has 0 atom stereocenters. The molecule has 0 spiro atoms. The van der Waals surface area contributed by atoms with Crippen LogP contribution < -0.4 is 5.32 Å². The number of nitrogens with one attached hydrogen (secondary N) is 1. The molecule has 7 nitrogen and oxygen atoms in total. The predicted molar refractivity (Wildman–Crippen MR) is 102 cm³/mol. The summed E-state index contributed by atoms with van der Waals surface area (Å²) in [5.41, 5.74) is 4.73. The fraction of sp³-hybridized carbons (Fsp3) is 0.211. The van der Waals surface area contributed by atoms with E-state index in [0.29, 0.717) is 37.5 Å². The Bertz CT molecular complexity index is 1040. The molecule has 0 bridgehead atoms. The number of pyridine rings is 1. The number of hydrogen-bond donors (Lipinski definition) is 1. The Hall–Kier alpha value is -3.13. The van der Waals surface area contributed by atoms with Gasteiger partial charge in [-0.2, -0.15) is 4.98 Å². The molecule has 27 heavy (non-hydrogen) atoms. The SMILES string of the molecule is O=C(CCCc1nc(-c2ccncc2)no1)NCc1cccc2ncsc12. The van der Waals surface area contributed by atoms with Gasteiger partial charge in [-0.3, -0.25) is 9.78 Å². The number of benzene rings is 1. The molecule has 0 aliphatic rings. The molecule has 3 heterocycles. The molecule has 136 valence electrons.